The van der Waals surface area contributed by atoms with Gasteiger partial charge < -0.3 is 13.9 Å². The van der Waals surface area contributed by atoms with Crippen LogP contribution in [0.3, 0.4) is 0 Å². The smallest absolute Gasteiger partial charge is 0.378 e. The number of nitrogens with zero attached hydrogens (tertiary/aromatic N) is 1. The average Bonchev–Trinajstić information content (AvgIpc) is 3.17. The Balaban J connectivity index is 1.67. The second kappa shape index (κ2) is 9.49. The van der Waals surface area contributed by atoms with Crippen LogP contribution >= 0.6 is 0 Å². The number of aryl methyl sites for hydroxylation is 1. The van der Waals surface area contributed by atoms with Crippen molar-refractivity contribution in [3.63, 3.8) is 0 Å². The fourth-order valence-electron chi connectivity index (χ4n) is 4.51. The summed E-state index contributed by atoms with van der Waals surface area (Å²) in [7, 11) is 1.58. The fourth-order valence-corrected chi connectivity index (χ4v) is 4.51. The number of anilines is 1. The van der Waals surface area contributed by atoms with Crippen LogP contribution in [0.2, 0.25) is 0 Å². The van der Waals surface area contributed by atoms with Gasteiger partial charge in [0.2, 0.25) is 11.2 Å². The first-order valence-electron chi connectivity index (χ1n) is 12.1. The number of carbonyl (C=O) groups excluding carboxylic acids is 1. The topological polar surface area (TPSA) is 83.1 Å². The number of rotatable bonds is 7. The molecular formula is C29H29N2O5+. The molecule has 36 heavy (non-hydrogen) atoms. The third kappa shape index (κ3) is 4.11. The second-order valence-corrected chi connectivity index (χ2v) is 9.44. The van der Waals surface area contributed by atoms with Gasteiger partial charge in [-0.05, 0) is 55.2 Å². The molecule has 7 heteroatoms. The van der Waals surface area contributed by atoms with Crippen LogP contribution < -0.4 is 24.8 Å². The van der Waals surface area contributed by atoms with Crippen molar-refractivity contribution in [1.82, 2.24) is 0 Å². The third-order valence-electron chi connectivity index (χ3n) is 6.45. The summed E-state index contributed by atoms with van der Waals surface area (Å²) in [6, 6.07) is 15.6. The highest BCUT2D eigenvalue weighted by Gasteiger charge is 2.50. The van der Waals surface area contributed by atoms with Gasteiger partial charge in [-0.2, -0.15) is 4.90 Å². The van der Waals surface area contributed by atoms with E-state index in [-0.39, 0.29) is 17.1 Å². The number of aromatic nitrogens is 1. The molecule has 4 aromatic rings. The van der Waals surface area contributed by atoms with E-state index in [1.165, 1.54) is 0 Å². The van der Waals surface area contributed by atoms with Crippen molar-refractivity contribution < 1.29 is 23.7 Å². The van der Waals surface area contributed by atoms with Crippen LogP contribution in [0, 0.1) is 12.8 Å². The zero-order valence-electron chi connectivity index (χ0n) is 20.8. The number of fused-ring (bicyclic) bond motifs is 2. The Bertz CT molecular complexity index is 1490. The normalized spacial score (nSPS) is 15.0. The lowest BCUT2D eigenvalue weighted by atomic mass is 9.98. The van der Waals surface area contributed by atoms with Gasteiger partial charge in [0, 0.05) is 11.6 Å². The molecule has 2 aromatic carbocycles. The average molecular weight is 486 g/mol. The molecule has 2 aromatic heterocycles. The Hall–Kier alpha value is -4.13. The van der Waals surface area contributed by atoms with Gasteiger partial charge in [-0.3, -0.25) is 4.79 Å². The van der Waals surface area contributed by atoms with Gasteiger partial charge in [-0.25, -0.2) is 9.78 Å². The van der Waals surface area contributed by atoms with Crippen LogP contribution in [0.1, 0.15) is 53.6 Å². The maximum absolute atomic E-state index is 13.7. The van der Waals surface area contributed by atoms with E-state index in [1.54, 1.807) is 36.3 Å². The molecule has 7 nitrogen and oxygen atoms in total. The van der Waals surface area contributed by atoms with Crippen LogP contribution in [-0.4, -0.2) is 19.6 Å². The summed E-state index contributed by atoms with van der Waals surface area (Å²) in [5.74, 6) is 1.90. The number of hydrogen-bond acceptors (Lipinski definition) is 5. The van der Waals surface area contributed by atoms with Gasteiger partial charge in [0.1, 0.15) is 11.1 Å². The van der Waals surface area contributed by atoms with Crippen molar-refractivity contribution in [2.45, 2.75) is 33.2 Å². The lowest BCUT2D eigenvalue weighted by Crippen LogP contribution is -2.34. The molecule has 0 radical (unpaired) electrons. The van der Waals surface area contributed by atoms with E-state index in [9.17, 15) is 9.59 Å². The lowest BCUT2D eigenvalue weighted by molar-refractivity contribution is -0.364. The number of ether oxygens (including phenoxy) is 2. The van der Waals surface area contributed by atoms with Gasteiger partial charge >= 0.3 is 5.91 Å². The quantitative estimate of drug-likeness (QED) is 0.364. The molecule has 1 aliphatic rings. The minimum absolute atomic E-state index is 0.0499. The number of amides is 1. The first-order chi connectivity index (χ1) is 17.4. The predicted molar refractivity (Wildman–Crippen MR) is 137 cm³/mol. The molecule has 1 unspecified atom stereocenters. The number of methoxy groups -OCH3 is 1. The van der Waals surface area contributed by atoms with Crippen LogP contribution in [-0.2, 0) is 0 Å². The van der Waals surface area contributed by atoms with Crippen molar-refractivity contribution >= 4 is 22.7 Å². The molecular weight excluding hydrogens is 456 g/mol. The number of nitrogens with one attached hydrogen (secondary N) is 1. The number of para-hydroxylation sites is 1. The second-order valence-electron chi connectivity index (χ2n) is 9.44. The summed E-state index contributed by atoms with van der Waals surface area (Å²) in [5.41, 5.74) is 2.20. The Labute approximate surface area is 209 Å². The van der Waals surface area contributed by atoms with Crippen LogP contribution in [0.4, 0.5) is 5.82 Å². The molecule has 1 N–H and O–H groups in total. The summed E-state index contributed by atoms with van der Waals surface area (Å²) in [5, 5.41) is 0.435. The maximum Gasteiger partial charge on any atom is 0.378 e. The largest absolute Gasteiger partial charge is 0.493 e. The minimum Gasteiger partial charge on any atom is -0.493 e. The molecule has 184 valence electrons. The van der Waals surface area contributed by atoms with Gasteiger partial charge in [-0.15, -0.1) is 0 Å². The van der Waals surface area contributed by atoms with Crippen molar-refractivity contribution in [2.24, 2.45) is 5.92 Å². The number of carbonyl (C=O) groups is 1. The number of H-pyrrole nitrogens is 1. The molecule has 0 bridgehead atoms. The lowest BCUT2D eigenvalue weighted by Gasteiger charge is -2.19. The van der Waals surface area contributed by atoms with Gasteiger partial charge in [0.15, 0.2) is 17.5 Å². The number of hydrogen-bond donors (Lipinski definition) is 0. The van der Waals surface area contributed by atoms with E-state index in [4.69, 9.17) is 13.9 Å². The standard InChI is InChI=1S/C29H28N2O5/c1-17(2)13-14-35-22-11-10-19(15-23(22)34-4)26-25-27(32)20-7-5-6-8-21(20)36-28(25)29(33)31(26)24-12-9-18(3)16-30-24/h5-12,15-17,26H,13-14H2,1-4H3/p+1. The van der Waals surface area contributed by atoms with Crippen molar-refractivity contribution in [3.8, 4) is 11.5 Å². The molecule has 0 saturated heterocycles. The first kappa shape index (κ1) is 23.6. The van der Waals surface area contributed by atoms with Gasteiger partial charge in [-0.1, -0.05) is 32.0 Å². The SMILES string of the molecule is COc1cc(C2c3c(oc4ccccc4c3=O)C(=O)N2c2ccc(C)c[nH+]2)ccc1OCCC(C)C. The van der Waals surface area contributed by atoms with Crippen LogP contribution in [0.15, 0.2) is 70.0 Å². The molecule has 5 rings (SSSR count). The number of benzene rings is 2. The summed E-state index contributed by atoms with van der Waals surface area (Å²) < 4.78 is 17.6. The molecule has 0 aliphatic carbocycles. The monoisotopic (exact) mass is 485 g/mol. The molecule has 1 amide bonds. The molecule has 1 atom stereocenters. The summed E-state index contributed by atoms with van der Waals surface area (Å²) in [6.45, 7) is 6.81. The Morgan fingerprint density at radius 2 is 1.86 bits per heavy atom. The first-order valence-corrected chi connectivity index (χ1v) is 12.1. The number of pyridine rings is 1. The highest BCUT2D eigenvalue weighted by Crippen LogP contribution is 2.42. The predicted octanol–water partition coefficient (Wildman–Crippen LogP) is 5.10. The Kier molecular flexibility index (Phi) is 6.22. The van der Waals surface area contributed by atoms with Gasteiger partial charge in [0.25, 0.3) is 5.82 Å². The van der Waals surface area contributed by atoms with Crippen LogP contribution in [0.25, 0.3) is 11.0 Å². The molecule has 1 aliphatic heterocycles. The zero-order valence-corrected chi connectivity index (χ0v) is 20.8. The van der Waals surface area contributed by atoms with E-state index in [1.807, 2.05) is 43.5 Å². The van der Waals surface area contributed by atoms with E-state index < -0.39 is 6.04 Å². The minimum atomic E-state index is -0.703. The third-order valence-corrected chi connectivity index (χ3v) is 6.45. The van der Waals surface area contributed by atoms with Crippen LogP contribution in [0.5, 0.6) is 11.5 Å². The zero-order chi connectivity index (χ0) is 25.4. The van der Waals surface area contributed by atoms with Crippen molar-refractivity contribution in [3.05, 3.63) is 93.5 Å². The van der Waals surface area contributed by atoms with Crippen molar-refractivity contribution in [2.75, 3.05) is 18.6 Å². The molecule has 0 saturated carbocycles. The van der Waals surface area contributed by atoms with Gasteiger partial charge in [0.05, 0.1) is 25.3 Å². The summed E-state index contributed by atoms with van der Waals surface area (Å²) >= 11 is 0. The van der Waals surface area contributed by atoms with E-state index in [0.29, 0.717) is 51.9 Å². The summed E-state index contributed by atoms with van der Waals surface area (Å²) in [4.78, 5) is 32.2. The molecule has 0 spiro atoms. The Morgan fingerprint density at radius 3 is 2.58 bits per heavy atom. The highest BCUT2D eigenvalue weighted by atomic mass is 16.5. The number of aromatic amines is 1. The maximum atomic E-state index is 13.7. The summed E-state index contributed by atoms with van der Waals surface area (Å²) in [6.07, 6.45) is 2.74. The van der Waals surface area contributed by atoms with Crippen molar-refractivity contribution in [1.29, 1.82) is 0 Å². The highest BCUT2D eigenvalue weighted by molar-refractivity contribution is 6.09. The van der Waals surface area contributed by atoms with E-state index in [2.05, 4.69) is 18.8 Å². The molecule has 3 heterocycles. The fraction of sp³-hybridized carbons (Fsp3) is 0.276. The van der Waals surface area contributed by atoms with E-state index in [0.717, 1.165) is 12.0 Å². The van der Waals surface area contributed by atoms with E-state index >= 15 is 0 Å². The molecule has 0 fully saturated rings. The Morgan fingerprint density at radius 1 is 1.06 bits per heavy atom.